The van der Waals surface area contributed by atoms with E-state index in [0.29, 0.717) is 5.92 Å². The number of anilines is 3. The molecule has 2 unspecified atom stereocenters. The molecule has 3 aliphatic carbocycles. The first-order chi connectivity index (χ1) is 45.6. The number of para-hydroxylation sites is 1. The number of hydrogen-bond donors (Lipinski definition) is 0. The van der Waals surface area contributed by atoms with Crippen LogP contribution in [0.3, 0.4) is 0 Å². The third-order valence-electron chi connectivity index (χ3n) is 21.2. The molecule has 0 radical (unpaired) electrons. The minimum atomic E-state index is -0.484. The topological polar surface area (TPSA) is 8.17 Å². The fourth-order valence-corrected chi connectivity index (χ4v) is 16.7. The summed E-state index contributed by atoms with van der Waals surface area (Å²) in [4.78, 5) is 2.42. The van der Waals surface area contributed by atoms with Crippen LogP contribution in [0.5, 0.6) is 0 Å². The second kappa shape index (κ2) is 21.5. The summed E-state index contributed by atoms with van der Waals surface area (Å²) in [5, 5.41) is 2.46. The van der Waals surface area contributed by atoms with Gasteiger partial charge >= 0.3 is 0 Å². The van der Waals surface area contributed by atoms with E-state index >= 15 is 0 Å². The van der Waals surface area contributed by atoms with E-state index in [-0.39, 0.29) is 16.2 Å². The number of aromatic nitrogens is 1. The number of rotatable bonds is 10. The standard InChI is InChI=1S/C92H76N2/c1-89(2,3)58-86(90(4,5)6)64-32-30-61(31-33-64)66-40-50-76-73-23-13-17-27-81(73)92(84(76)55-66)82-28-18-14-24-74(82)77-51-41-67(56-85(77)92)63-38-47-70(48-39-63)94-87-29-19-15-25-78(87)79-54-65(42-53-88(79)94)62-36-45-69(46-37-62)93(68-43-34-60(35-44-68)59-20-10-9-11-21-59)71-49-52-75-72-22-12-16-26-80(72)91(7,8)83(75)57-71/h9-57,86H,58H2,1-8H3. The maximum absolute atomic E-state index is 2.52. The monoisotopic (exact) mass is 1210 g/mol. The van der Waals surface area contributed by atoms with Crippen LogP contribution in [0.1, 0.15) is 107 Å². The third kappa shape index (κ3) is 9.12. The van der Waals surface area contributed by atoms with Crippen LogP contribution in [0.25, 0.3) is 105 Å². The molecule has 2 nitrogen and oxygen atoms in total. The lowest BCUT2D eigenvalue weighted by Crippen LogP contribution is -2.26. The number of fused-ring (bicyclic) bond motifs is 16. The predicted octanol–water partition coefficient (Wildman–Crippen LogP) is 25.1. The average Bonchev–Trinajstić information content (AvgIpc) is 1.51. The maximum Gasteiger partial charge on any atom is 0.0725 e. The molecule has 0 fully saturated rings. The van der Waals surface area contributed by atoms with E-state index in [4.69, 9.17) is 0 Å². The Morgan fingerprint density at radius 3 is 1.30 bits per heavy atom. The van der Waals surface area contributed by atoms with Crippen LogP contribution in [-0.2, 0) is 10.8 Å². The van der Waals surface area contributed by atoms with Gasteiger partial charge in [0.2, 0.25) is 0 Å². The van der Waals surface area contributed by atoms with Gasteiger partial charge < -0.3 is 9.47 Å². The first kappa shape index (κ1) is 57.4. The van der Waals surface area contributed by atoms with Gasteiger partial charge in [-0.05, 0) is 219 Å². The van der Waals surface area contributed by atoms with Gasteiger partial charge in [-0.25, -0.2) is 0 Å². The zero-order valence-corrected chi connectivity index (χ0v) is 55.0. The van der Waals surface area contributed by atoms with Crippen LogP contribution < -0.4 is 4.90 Å². The van der Waals surface area contributed by atoms with E-state index in [0.717, 1.165) is 29.2 Å². The highest BCUT2D eigenvalue weighted by Crippen LogP contribution is 2.64. The molecule has 0 aliphatic heterocycles. The molecule has 2 atom stereocenters. The fraction of sp³-hybridized carbons (Fsp3) is 0.152. The highest BCUT2D eigenvalue weighted by atomic mass is 15.1. The summed E-state index contributed by atoms with van der Waals surface area (Å²) in [6.07, 6.45) is 1.14. The Kier molecular flexibility index (Phi) is 13.1. The molecular weight excluding hydrogens is 1130 g/mol. The second-order valence-electron chi connectivity index (χ2n) is 29.5. The van der Waals surface area contributed by atoms with Crippen molar-refractivity contribution in [2.45, 2.75) is 78.6 Å². The Morgan fingerprint density at radius 1 is 0.319 bits per heavy atom. The van der Waals surface area contributed by atoms with Gasteiger partial charge in [0.05, 0.1) is 16.4 Å². The van der Waals surface area contributed by atoms with Crippen LogP contribution in [0.4, 0.5) is 17.1 Å². The Balaban J connectivity index is 0.708. The largest absolute Gasteiger partial charge is 0.310 e. The van der Waals surface area contributed by atoms with Gasteiger partial charge in [-0.15, -0.1) is 0 Å². The molecule has 14 aromatic rings. The molecular formula is C92H76N2. The van der Waals surface area contributed by atoms with E-state index in [2.05, 4.69) is 362 Å². The summed E-state index contributed by atoms with van der Waals surface area (Å²) < 4.78 is 2.44. The summed E-state index contributed by atoms with van der Waals surface area (Å²) in [5.41, 5.74) is 33.8. The highest BCUT2D eigenvalue weighted by molar-refractivity contribution is 6.10. The second-order valence-corrected chi connectivity index (χ2v) is 29.5. The zero-order chi connectivity index (χ0) is 63.8. The van der Waals surface area contributed by atoms with Gasteiger partial charge in [-0.3, -0.25) is 0 Å². The number of hydrogen-bond acceptors (Lipinski definition) is 1. The Morgan fingerprint density at radius 2 is 0.723 bits per heavy atom. The summed E-state index contributed by atoms with van der Waals surface area (Å²) >= 11 is 0. The van der Waals surface area contributed by atoms with E-state index in [1.165, 1.54) is 139 Å². The maximum atomic E-state index is 2.52. The van der Waals surface area contributed by atoms with Gasteiger partial charge in [0.15, 0.2) is 0 Å². The summed E-state index contributed by atoms with van der Waals surface area (Å²) in [6, 6.07) is 112. The molecule has 1 spiro atoms. The van der Waals surface area contributed by atoms with Gasteiger partial charge in [-0.2, -0.15) is 0 Å². The van der Waals surface area contributed by atoms with Crippen molar-refractivity contribution in [3.63, 3.8) is 0 Å². The molecule has 13 aromatic carbocycles. The van der Waals surface area contributed by atoms with Crippen molar-refractivity contribution in [1.29, 1.82) is 0 Å². The molecule has 0 saturated heterocycles. The van der Waals surface area contributed by atoms with Crippen molar-refractivity contribution in [1.82, 2.24) is 4.57 Å². The smallest absolute Gasteiger partial charge is 0.0725 e. The number of nitrogens with zero attached hydrogens (tertiary/aromatic N) is 2. The lowest BCUT2D eigenvalue weighted by atomic mass is 9.69. The van der Waals surface area contributed by atoms with Crippen molar-refractivity contribution in [2.24, 2.45) is 10.8 Å². The molecule has 0 saturated carbocycles. The Labute approximate surface area is 554 Å². The van der Waals surface area contributed by atoms with Crippen molar-refractivity contribution in [3.05, 3.63) is 336 Å². The van der Waals surface area contributed by atoms with Crippen LogP contribution in [-0.4, -0.2) is 4.57 Å². The molecule has 1 heterocycles. The van der Waals surface area contributed by atoms with Gasteiger partial charge in [0.1, 0.15) is 0 Å². The molecule has 0 bridgehead atoms. The SMILES string of the molecule is CC(C)(C)CC(c1ccc(-c2ccc3c(c2)C2(c4ccccc4-3)c3ccccc3-c3ccc(-c4ccc(-n5c6ccccc6c6cc(-c7ccc(N(c8ccc(-c9ccccc9)cc8)c8ccc9c(c8)C(C)(C)c8ccccc8-9)cc7)ccc65)cc4)cc32)cc1)C(C)(C)C. The minimum absolute atomic E-state index is 0.122. The molecule has 0 amide bonds. The first-order valence-electron chi connectivity index (χ1n) is 33.6. The zero-order valence-electron chi connectivity index (χ0n) is 55.0. The van der Waals surface area contributed by atoms with Crippen molar-refractivity contribution >= 4 is 38.9 Å². The van der Waals surface area contributed by atoms with E-state index < -0.39 is 5.41 Å². The molecule has 1 aromatic heterocycles. The first-order valence-corrected chi connectivity index (χ1v) is 33.6. The van der Waals surface area contributed by atoms with Crippen LogP contribution in [0.2, 0.25) is 0 Å². The summed E-state index contributed by atoms with van der Waals surface area (Å²) in [7, 11) is 0. The van der Waals surface area contributed by atoms with E-state index in [9.17, 15) is 0 Å². The lowest BCUT2D eigenvalue weighted by molar-refractivity contribution is 0.229. The van der Waals surface area contributed by atoms with E-state index in [1.54, 1.807) is 0 Å². The normalized spacial score (nSPS) is 15.1. The van der Waals surface area contributed by atoms with Gasteiger partial charge in [0.25, 0.3) is 0 Å². The van der Waals surface area contributed by atoms with Crippen LogP contribution in [0, 0.1) is 10.8 Å². The third-order valence-corrected chi connectivity index (χ3v) is 21.2. The Hall–Kier alpha value is -10.5. The fourth-order valence-electron chi connectivity index (χ4n) is 16.7. The van der Waals surface area contributed by atoms with Crippen molar-refractivity contribution < 1.29 is 0 Å². The molecule has 3 aliphatic rings. The van der Waals surface area contributed by atoms with Crippen molar-refractivity contribution in [2.75, 3.05) is 4.90 Å². The molecule has 94 heavy (non-hydrogen) atoms. The number of benzene rings is 13. The highest BCUT2D eigenvalue weighted by Gasteiger charge is 2.52. The van der Waals surface area contributed by atoms with Crippen LogP contribution >= 0.6 is 0 Å². The average molecular weight is 1210 g/mol. The van der Waals surface area contributed by atoms with Gasteiger partial charge in [0, 0.05) is 38.9 Å². The van der Waals surface area contributed by atoms with E-state index in [1.807, 2.05) is 0 Å². The van der Waals surface area contributed by atoms with Crippen molar-refractivity contribution in [3.8, 4) is 83.6 Å². The summed E-state index contributed by atoms with van der Waals surface area (Å²) in [5.74, 6) is 0.459. The molecule has 454 valence electrons. The van der Waals surface area contributed by atoms with Gasteiger partial charge in [-0.1, -0.05) is 274 Å². The Bertz CT molecular complexity index is 5290. The quantitative estimate of drug-likeness (QED) is 0.132. The molecule has 17 rings (SSSR count). The molecule has 2 heteroatoms. The lowest BCUT2D eigenvalue weighted by Gasteiger charge is -2.36. The summed E-state index contributed by atoms with van der Waals surface area (Å²) in [6.45, 7) is 19.0. The predicted molar refractivity (Wildman–Crippen MR) is 397 cm³/mol. The minimum Gasteiger partial charge on any atom is -0.310 e. The van der Waals surface area contributed by atoms with Crippen LogP contribution in [0.15, 0.2) is 297 Å². The molecule has 0 N–H and O–H groups in total.